The first-order valence-electron chi connectivity index (χ1n) is 8.91. The average molecular weight is 285 g/mol. The fourth-order valence-electron chi connectivity index (χ4n) is 3.18. The number of rotatable bonds is 11. The summed E-state index contributed by atoms with van der Waals surface area (Å²) in [6.07, 6.45) is 17.2. The molecule has 1 atom stereocenters. The maximum Gasteiger partial charge on any atom is 0.189 e. The van der Waals surface area contributed by atoms with Crippen LogP contribution in [0.5, 0.6) is 0 Å². The van der Waals surface area contributed by atoms with E-state index < -0.39 is 8.32 Å². The van der Waals surface area contributed by atoms with Crippen molar-refractivity contribution in [3.05, 3.63) is 0 Å². The number of hydrogen-bond donors (Lipinski definition) is 0. The lowest BCUT2D eigenvalue weighted by atomic mass is 10.1. The maximum atomic E-state index is 6.09. The van der Waals surface area contributed by atoms with Crippen LogP contribution >= 0.6 is 0 Å². The lowest BCUT2D eigenvalue weighted by Crippen LogP contribution is -2.37. The highest BCUT2D eigenvalue weighted by Crippen LogP contribution is 2.27. The third-order valence-electron chi connectivity index (χ3n) is 4.61. The fourth-order valence-corrected chi connectivity index (χ4v) is 6.35. The Kier molecular flexibility index (Phi) is 9.89. The molecule has 1 aliphatic heterocycles. The average Bonchev–Trinajstić information content (AvgIpc) is 2.42. The Bertz CT molecular complexity index is 199. The summed E-state index contributed by atoms with van der Waals surface area (Å²) in [7, 11) is -1.23. The van der Waals surface area contributed by atoms with Crippen molar-refractivity contribution < 1.29 is 4.43 Å². The Morgan fingerprint density at radius 3 is 1.89 bits per heavy atom. The van der Waals surface area contributed by atoms with Gasteiger partial charge in [0.2, 0.25) is 0 Å². The standard InChI is InChI=1S/C17H36OSi/c1-3-4-5-6-7-8-9-10-11-13-16-19(2)17-14-12-15-18-19/h3-17H2,1-2H3. The summed E-state index contributed by atoms with van der Waals surface area (Å²) in [5.74, 6) is 0. The van der Waals surface area contributed by atoms with E-state index in [-0.39, 0.29) is 0 Å². The molecule has 0 spiro atoms. The van der Waals surface area contributed by atoms with Crippen LogP contribution in [0.2, 0.25) is 18.6 Å². The first kappa shape index (κ1) is 17.2. The van der Waals surface area contributed by atoms with Gasteiger partial charge in [-0.1, -0.05) is 77.6 Å². The summed E-state index contributed by atoms with van der Waals surface area (Å²) >= 11 is 0. The van der Waals surface area contributed by atoms with Gasteiger partial charge in [-0.15, -0.1) is 0 Å². The summed E-state index contributed by atoms with van der Waals surface area (Å²) in [4.78, 5) is 0. The van der Waals surface area contributed by atoms with Gasteiger partial charge >= 0.3 is 0 Å². The van der Waals surface area contributed by atoms with Crippen molar-refractivity contribution in [2.24, 2.45) is 0 Å². The van der Waals surface area contributed by atoms with E-state index in [2.05, 4.69) is 13.5 Å². The molecule has 0 aromatic carbocycles. The Hall–Kier alpha value is 0.177. The van der Waals surface area contributed by atoms with Crippen LogP contribution in [0.1, 0.15) is 84.0 Å². The zero-order chi connectivity index (χ0) is 13.8. The molecule has 19 heavy (non-hydrogen) atoms. The smallest absolute Gasteiger partial charge is 0.189 e. The van der Waals surface area contributed by atoms with E-state index in [1.165, 1.54) is 89.1 Å². The van der Waals surface area contributed by atoms with Gasteiger partial charge < -0.3 is 4.43 Å². The van der Waals surface area contributed by atoms with Crippen LogP contribution in [0, 0.1) is 0 Å². The van der Waals surface area contributed by atoms with Crippen molar-refractivity contribution >= 4 is 8.32 Å². The highest BCUT2D eigenvalue weighted by molar-refractivity contribution is 6.72. The number of hydrogen-bond acceptors (Lipinski definition) is 1. The molecule has 0 saturated carbocycles. The van der Waals surface area contributed by atoms with E-state index in [1.807, 2.05) is 0 Å². The zero-order valence-electron chi connectivity index (χ0n) is 13.5. The summed E-state index contributed by atoms with van der Waals surface area (Å²) in [5, 5.41) is 0. The molecular formula is C17H36OSi. The van der Waals surface area contributed by atoms with E-state index >= 15 is 0 Å². The van der Waals surface area contributed by atoms with Crippen LogP contribution < -0.4 is 0 Å². The van der Waals surface area contributed by atoms with Gasteiger partial charge in [-0.2, -0.15) is 0 Å². The van der Waals surface area contributed by atoms with Crippen LogP contribution in [-0.4, -0.2) is 14.9 Å². The molecule has 0 aromatic heterocycles. The monoisotopic (exact) mass is 284 g/mol. The molecule has 1 aliphatic rings. The molecule has 0 N–H and O–H groups in total. The zero-order valence-corrected chi connectivity index (χ0v) is 14.5. The molecule has 1 rings (SSSR count). The van der Waals surface area contributed by atoms with Gasteiger partial charge in [0.1, 0.15) is 0 Å². The first-order chi connectivity index (χ1) is 9.27. The predicted octanol–water partition coefficient (Wildman–Crippen LogP) is 6.29. The molecule has 1 saturated heterocycles. The highest BCUT2D eigenvalue weighted by atomic mass is 28.4. The molecule has 1 unspecified atom stereocenters. The second kappa shape index (κ2) is 10.9. The van der Waals surface area contributed by atoms with Crippen molar-refractivity contribution in [3.63, 3.8) is 0 Å². The summed E-state index contributed by atoms with van der Waals surface area (Å²) < 4.78 is 6.09. The molecular weight excluding hydrogens is 248 g/mol. The van der Waals surface area contributed by atoms with Gasteiger partial charge in [-0.05, 0) is 25.1 Å². The van der Waals surface area contributed by atoms with Crippen molar-refractivity contribution in [2.45, 2.75) is 103 Å². The van der Waals surface area contributed by atoms with Crippen molar-refractivity contribution in [3.8, 4) is 0 Å². The summed E-state index contributed by atoms with van der Waals surface area (Å²) in [5.41, 5.74) is 0. The van der Waals surface area contributed by atoms with Gasteiger partial charge in [0.25, 0.3) is 0 Å². The van der Waals surface area contributed by atoms with Gasteiger partial charge in [0.05, 0.1) is 0 Å². The molecule has 0 bridgehead atoms. The van der Waals surface area contributed by atoms with Crippen molar-refractivity contribution in [1.29, 1.82) is 0 Å². The van der Waals surface area contributed by atoms with E-state index in [0.29, 0.717) is 0 Å². The normalized spacial score (nSPS) is 23.7. The maximum absolute atomic E-state index is 6.09. The Balaban J connectivity index is 1.83. The molecule has 1 nitrogen and oxygen atoms in total. The minimum atomic E-state index is -1.23. The van der Waals surface area contributed by atoms with Crippen LogP contribution in [0.15, 0.2) is 0 Å². The van der Waals surface area contributed by atoms with E-state index in [1.54, 1.807) is 0 Å². The minimum Gasteiger partial charge on any atom is -0.417 e. The van der Waals surface area contributed by atoms with Crippen LogP contribution in [-0.2, 0) is 4.43 Å². The van der Waals surface area contributed by atoms with E-state index in [4.69, 9.17) is 4.43 Å². The Morgan fingerprint density at radius 2 is 1.37 bits per heavy atom. The third-order valence-corrected chi connectivity index (χ3v) is 8.33. The molecule has 0 aliphatic carbocycles. The molecule has 0 aromatic rings. The molecule has 2 heteroatoms. The van der Waals surface area contributed by atoms with Gasteiger partial charge in [0, 0.05) is 6.61 Å². The molecule has 0 amide bonds. The first-order valence-corrected chi connectivity index (χ1v) is 11.7. The Labute approximate surface area is 122 Å². The lowest BCUT2D eigenvalue weighted by molar-refractivity contribution is 0.269. The Morgan fingerprint density at radius 1 is 0.789 bits per heavy atom. The molecule has 0 radical (unpaired) electrons. The van der Waals surface area contributed by atoms with Crippen molar-refractivity contribution in [1.82, 2.24) is 0 Å². The molecule has 1 heterocycles. The largest absolute Gasteiger partial charge is 0.417 e. The van der Waals surface area contributed by atoms with Gasteiger partial charge in [0.15, 0.2) is 8.32 Å². The van der Waals surface area contributed by atoms with Crippen LogP contribution in [0.25, 0.3) is 0 Å². The second-order valence-corrected chi connectivity index (χ2v) is 10.9. The van der Waals surface area contributed by atoms with Crippen molar-refractivity contribution in [2.75, 3.05) is 6.61 Å². The third kappa shape index (κ3) is 8.86. The van der Waals surface area contributed by atoms with Crippen LogP contribution in [0.3, 0.4) is 0 Å². The SMILES string of the molecule is CCCCCCCCCCCC[Si]1(C)CCCCO1. The van der Waals surface area contributed by atoms with E-state index in [9.17, 15) is 0 Å². The topological polar surface area (TPSA) is 9.23 Å². The van der Waals surface area contributed by atoms with Crippen LogP contribution in [0.4, 0.5) is 0 Å². The second-order valence-electron chi connectivity index (χ2n) is 6.69. The number of unbranched alkanes of at least 4 members (excludes halogenated alkanes) is 9. The summed E-state index contributed by atoms with van der Waals surface area (Å²) in [6.45, 7) is 5.81. The lowest BCUT2D eigenvalue weighted by Gasteiger charge is -2.31. The fraction of sp³-hybridized carbons (Fsp3) is 1.00. The summed E-state index contributed by atoms with van der Waals surface area (Å²) in [6, 6.07) is 2.84. The highest BCUT2D eigenvalue weighted by Gasteiger charge is 2.30. The van der Waals surface area contributed by atoms with Gasteiger partial charge in [-0.3, -0.25) is 0 Å². The minimum absolute atomic E-state index is 1.06. The quantitative estimate of drug-likeness (QED) is 0.320. The molecule has 1 fully saturated rings. The van der Waals surface area contributed by atoms with E-state index in [0.717, 1.165) is 6.61 Å². The molecule has 114 valence electrons. The van der Waals surface area contributed by atoms with Gasteiger partial charge in [-0.25, -0.2) is 0 Å². The predicted molar refractivity (Wildman–Crippen MR) is 88.3 cm³/mol.